The second-order valence-electron chi connectivity index (χ2n) is 5.87. The molecule has 0 aliphatic carbocycles. The molecule has 2 aromatic carbocycles. The smallest absolute Gasteiger partial charge is 0.265 e. The highest BCUT2D eigenvalue weighted by Gasteiger charge is 2.40. The van der Waals surface area contributed by atoms with Crippen molar-refractivity contribution >= 4 is 43.2 Å². The quantitative estimate of drug-likeness (QED) is 0.810. The Morgan fingerprint density at radius 1 is 1.12 bits per heavy atom. The van der Waals surface area contributed by atoms with Crippen molar-refractivity contribution in [1.29, 1.82) is 0 Å². The van der Waals surface area contributed by atoms with Crippen molar-refractivity contribution < 1.29 is 13.2 Å². The first-order chi connectivity index (χ1) is 11.9. The maximum atomic E-state index is 13.3. The number of hydrogen-bond acceptors (Lipinski definition) is 3. The van der Waals surface area contributed by atoms with E-state index in [1.807, 2.05) is 6.92 Å². The van der Waals surface area contributed by atoms with Gasteiger partial charge in [0, 0.05) is 4.47 Å². The van der Waals surface area contributed by atoms with Crippen LogP contribution in [0.4, 0.5) is 11.4 Å². The Morgan fingerprint density at radius 3 is 2.40 bits per heavy atom. The summed E-state index contributed by atoms with van der Waals surface area (Å²) in [5, 5.41) is 2.79. The number of carbonyl (C=O) groups is 1. The molecule has 0 aromatic heterocycles. The number of nitrogens with zero attached hydrogens (tertiary/aromatic N) is 1. The van der Waals surface area contributed by atoms with E-state index in [1.165, 1.54) is 4.31 Å². The van der Waals surface area contributed by atoms with Gasteiger partial charge < -0.3 is 5.32 Å². The monoisotopic (exact) mass is 422 g/mol. The van der Waals surface area contributed by atoms with Crippen LogP contribution in [0.25, 0.3) is 0 Å². The number of halogens is 1. The lowest BCUT2D eigenvalue weighted by Gasteiger charge is -2.36. The minimum absolute atomic E-state index is 0.184. The molecule has 132 valence electrons. The molecule has 3 rings (SSSR count). The first-order valence-electron chi connectivity index (χ1n) is 8.12. The standard InChI is InChI=1S/C18H19BrN2O3S/c1-3-12-5-8-14(9-6-12)25(23,24)21-16(4-2)18(22)20-15-10-7-13(19)11-17(15)21/h5-11,16H,3-4H2,1-2H3,(H,20,22)/t16-/m0/s1. The topological polar surface area (TPSA) is 66.5 Å². The van der Waals surface area contributed by atoms with Crippen LogP contribution >= 0.6 is 15.9 Å². The number of amides is 1. The molecule has 0 saturated heterocycles. The molecule has 0 radical (unpaired) electrons. The van der Waals surface area contributed by atoms with E-state index in [0.29, 0.717) is 17.8 Å². The lowest BCUT2D eigenvalue weighted by Crippen LogP contribution is -2.50. The van der Waals surface area contributed by atoms with E-state index in [1.54, 1.807) is 49.4 Å². The molecule has 0 fully saturated rings. The van der Waals surface area contributed by atoms with Gasteiger partial charge in [0.05, 0.1) is 16.3 Å². The third kappa shape index (κ3) is 3.18. The molecular weight excluding hydrogens is 404 g/mol. The molecular formula is C18H19BrN2O3S. The number of nitrogens with one attached hydrogen (secondary N) is 1. The largest absolute Gasteiger partial charge is 0.322 e. The van der Waals surface area contributed by atoms with Gasteiger partial charge in [0.2, 0.25) is 5.91 Å². The Morgan fingerprint density at radius 2 is 1.80 bits per heavy atom. The number of carbonyl (C=O) groups excluding carboxylic acids is 1. The van der Waals surface area contributed by atoms with Gasteiger partial charge in [-0.25, -0.2) is 8.42 Å². The van der Waals surface area contributed by atoms with Crippen LogP contribution in [-0.2, 0) is 21.2 Å². The first-order valence-corrected chi connectivity index (χ1v) is 10.4. The van der Waals surface area contributed by atoms with Crippen molar-refractivity contribution in [2.45, 2.75) is 37.6 Å². The van der Waals surface area contributed by atoms with Gasteiger partial charge in [-0.3, -0.25) is 9.10 Å². The van der Waals surface area contributed by atoms with Crippen LogP contribution in [-0.4, -0.2) is 20.4 Å². The van der Waals surface area contributed by atoms with Crippen molar-refractivity contribution in [3.63, 3.8) is 0 Å². The number of sulfonamides is 1. The van der Waals surface area contributed by atoms with Crippen LogP contribution in [0, 0.1) is 0 Å². The summed E-state index contributed by atoms with van der Waals surface area (Å²) in [7, 11) is -3.86. The van der Waals surface area contributed by atoms with E-state index in [2.05, 4.69) is 21.2 Å². The normalized spacial score (nSPS) is 17.2. The molecule has 1 atom stereocenters. The zero-order valence-electron chi connectivity index (χ0n) is 14.0. The van der Waals surface area contributed by atoms with Gasteiger partial charge in [-0.1, -0.05) is 41.9 Å². The third-order valence-corrected chi connectivity index (χ3v) is 6.65. The summed E-state index contributed by atoms with van der Waals surface area (Å²) >= 11 is 3.38. The van der Waals surface area contributed by atoms with Crippen molar-refractivity contribution in [1.82, 2.24) is 0 Å². The van der Waals surface area contributed by atoms with Gasteiger partial charge in [0.15, 0.2) is 0 Å². The number of anilines is 2. The average Bonchev–Trinajstić information content (AvgIpc) is 2.60. The Bertz CT molecular complexity index is 910. The predicted molar refractivity (Wildman–Crippen MR) is 102 cm³/mol. The Balaban J connectivity index is 2.17. The molecule has 2 aromatic rings. The molecule has 25 heavy (non-hydrogen) atoms. The van der Waals surface area contributed by atoms with Crippen LogP contribution in [0.2, 0.25) is 0 Å². The van der Waals surface area contributed by atoms with Gasteiger partial charge in [-0.2, -0.15) is 0 Å². The maximum Gasteiger partial charge on any atom is 0.265 e. The van der Waals surface area contributed by atoms with E-state index in [0.717, 1.165) is 16.5 Å². The number of fused-ring (bicyclic) bond motifs is 1. The van der Waals surface area contributed by atoms with Gasteiger partial charge in [-0.15, -0.1) is 0 Å². The summed E-state index contributed by atoms with van der Waals surface area (Å²) < 4.78 is 28.6. The van der Waals surface area contributed by atoms with E-state index in [4.69, 9.17) is 0 Å². The highest BCUT2D eigenvalue weighted by molar-refractivity contribution is 9.10. The third-order valence-electron chi connectivity index (χ3n) is 4.32. The molecule has 0 spiro atoms. The van der Waals surface area contributed by atoms with Crippen molar-refractivity contribution in [3.8, 4) is 0 Å². The molecule has 1 heterocycles. The summed E-state index contributed by atoms with van der Waals surface area (Å²) in [4.78, 5) is 12.6. The Kier molecular flexibility index (Phi) is 4.88. The fourth-order valence-corrected chi connectivity index (χ4v) is 4.99. The molecule has 1 N–H and O–H groups in total. The SMILES string of the molecule is CCc1ccc(S(=O)(=O)N2c3cc(Br)ccc3NC(=O)[C@@H]2CC)cc1. The van der Waals surface area contributed by atoms with Crippen molar-refractivity contribution in [2.75, 3.05) is 9.62 Å². The summed E-state index contributed by atoms with van der Waals surface area (Å²) in [6.07, 6.45) is 1.21. The lowest BCUT2D eigenvalue weighted by molar-refractivity contribution is -0.117. The first kappa shape index (κ1) is 17.9. The second kappa shape index (κ2) is 6.80. The summed E-state index contributed by atoms with van der Waals surface area (Å²) in [5.74, 6) is -0.314. The van der Waals surface area contributed by atoms with Crippen LogP contribution in [0.5, 0.6) is 0 Å². The fourth-order valence-electron chi connectivity index (χ4n) is 2.94. The highest BCUT2D eigenvalue weighted by atomic mass is 79.9. The molecule has 7 heteroatoms. The maximum absolute atomic E-state index is 13.3. The van der Waals surface area contributed by atoms with E-state index < -0.39 is 16.1 Å². The number of rotatable bonds is 4. The number of aryl methyl sites for hydroxylation is 1. The van der Waals surface area contributed by atoms with Crippen LogP contribution < -0.4 is 9.62 Å². The minimum atomic E-state index is -3.86. The predicted octanol–water partition coefficient (Wildman–Crippen LogP) is 3.94. The lowest BCUT2D eigenvalue weighted by atomic mass is 10.1. The van der Waals surface area contributed by atoms with Crippen molar-refractivity contribution in [3.05, 3.63) is 52.5 Å². The van der Waals surface area contributed by atoms with Crippen LogP contribution in [0.1, 0.15) is 25.8 Å². The zero-order valence-corrected chi connectivity index (χ0v) is 16.4. The molecule has 0 bridgehead atoms. The summed E-state index contributed by atoms with van der Waals surface area (Å²) in [6.45, 7) is 3.81. The molecule has 1 aliphatic rings. The highest BCUT2D eigenvalue weighted by Crippen LogP contribution is 2.38. The Hall–Kier alpha value is -1.86. The van der Waals surface area contributed by atoms with Gasteiger partial charge in [0.25, 0.3) is 10.0 Å². The van der Waals surface area contributed by atoms with Gasteiger partial charge >= 0.3 is 0 Å². The van der Waals surface area contributed by atoms with E-state index in [-0.39, 0.29) is 10.8 Å². The Labute approximate surface area is 156 Å². The molecule has 0 unspecified atom stereocenters. The summed E-state index contributed by atoms with van der Waals surface area (Å²) in [6, 6.07) is 11.2. The molecule has 0 saturated carbocycles. The average molecular weight is 423 g/mol. The number of hydrogen-bond donors (Lipinski definition) is 1. The molecule has 1 amide bonds. The number of benzene rings is 2. The van der Waals surface area contributed by atoms with Crippen LogP contribution in [0.15, 0.2) is 51.8 Å². The van der Waals surface area contributed by atoms with Gasteiger partial charge in [0.1, 0.15) is 6.04 Å². The molecule has 1 aliphatic heterocycles. The fraction of sp³-hybridized carbons (Fsp3) is 0.278. The van der Waals surface area contributed by atoms with Gasteiger partial charge in [-0.05, 0) is 48.7 Å². The van der Waals surface area contributed by atoms with E-state index in [9.17, 15) is 13.2 Å². The zero-order chi connectivity index (χ0) is 18.2. The van der Waals surface area contributed by atoms with Crippen LogP contribution in [0.3, 0.4) is 0 Å². The van der Waals surface area contributed by atoms with E-state index >= 15 is 0 Å². The minimum Gasteiger partial charge on any atom is -0.322 e. The van der Waals surface area contributed by atoms with Crippen molar-refractivity contribution in [2.24, 2.45) is 0 Å². The summed E-state index contributed by atoms with van der Waals surface area (Å²) in [5.41, 5.74) is 2.03. The second-order valence-corrected chi connectivity index (χ2v) is 8.60. The molecule has 5 nitrogen and oxygen atoms in total.